The maximum Gasteiger partial charge on any atom is 0.419 e. The Kier molecular flexibility index (Phi) is 7.92. The number of nitrogens with zero attached hydrogens (tertiary/aromatic N) is 2. The van der Waals surface area contributed by atoms with Gasteiger partial charge in [0.15, 0.2) is 0 Å². The summed E-state index contributed by atoms with van der Waals surface area (Å²) in [4.78, 5) is 27.9. The number of carbonyl (C=O) groups is 2. The van der Waals surface area contributed by atoms with Gasteiger partial charge in [-0.25, -0.2) is 9.59 Å². The second-order valence-corrected chi connectivity index (χ2v) is 12.2. The topological polar surface area (TPSA) is 79.2 Å². The van der Waals surface area contributed by atoms with Gasteiger partial charge in [0.25, 0.3) is 0 Å². The molecule has 0 aliphatic carbocycles. The molecule has 2 aromatic carbocycles. The van der Waals surface area contributed by atoms with E-state index in [4.69, 9.17) is 18.9 Å². The van der Waals surface area contributed by atoms with Crippen molar-refractivity contribution in [2.75, 3.05) is 20.8 Å². The van der Waals surface area contributed by atoms with Gasteiger partial charge >= 0.3 is 12.1 Å². The number of hydrogen-bond donors (Lipinski definition) is 0. The van der Waals surface area contributed by atoms with Crippen molar-refractivity contribution in [3.8, 4) is 5.75 Å². The fraction of sp³-hybridized carbons (Fsp3) is 0.515. The van der Waals surface area contributed by atoms with E-state index in [0.717, 1.165) is 53.5 Å². The molecule has 41 heavy (non-hydrogen) atoms. The predicted molar refractivity (Wildman–Crippen MR) is 158 cm³/mol. The van der Waals surface area contributed by atoms with Crippen LogP contribution in [0.4, 0.5) is 4.79 Å². The first kappa shape index (κ1) is 29.1. The van der Waals surface area contributed by atoms with Gasteiger partial charge in [0.1, 0.15) is 11.4 Å². The van der Waals surface area contributed by atoms with Crippen molar-refractivity contribution in [1.82, 2.24) is 9.47 Å². The lowest BCUT2D eigenvalue weighted by atomic mass is 9.79. The molecule has 1 aromatic heterocycles. The highest BCUT2D eigenvalue weighted by atomic mass is 16.6. The van der Waals surface area contributed by atoms with E-state index in [1.54, 1.807) is 17.9 Å². The molecule has 8 heteroatoms. The molecule has 2 aliphatic rings. The van der Waals surface area contributed by atoms with Crippen LogP contribution >= 0.6 is 0 Å². The highest BCUT2D eigenvalue weighted by Gasteiger charge is 2.53. The van der Waals surface area contributed by atoms with Gasteiger partial charge in [-0.1, -0.05) is 12.1 Å². The first-order valence-corrected chi connectivity index (χ1v) is 14.5. The molecule has 5 rings (SSSR count). The Morgan fingerprint density at radius 2 is 1.83 bits per heavy atom. The summed E-state index contributed by atoms with van der Waals surface area (Å²) in [6.45, 7) is 11.0. The molecule has 2 bridgehead atoms. The standard InChI is InChI=1S/C33H42N2O6/c1-8-40-25-18-24-13-15-33(19-25,23-11-9-22(10-12-23)30(36)39-7)35(24)20-27-26-14-16-34(31(37)41-32(3,4)5)29(26)21(2)17-28(27)38-6/h9-12,14,16-17,24-25H,8,13,15,18-20H2,1-7H3/t24?,25-,33+/m0/s1. The molecule has 0 radical (unpaired) electrons. The molecule has 0 spiro atoms. The van der Waals surface area contributed by atoms with Crippen molar-refractivity contribution in [2.45, 2.75) is 90.1 Å². The molecule has 2 saturated heterocycles. The zero-order chi connectivity index (χ0) is 29.5. The fourth-order valence-electron chi connectivity index (χ4n) is 6.93. The van der Waals surface area contributed by atoms with Crippen LogP contribution in [0, 0.1) is 6.92 Å². The fourth-order valence-corrected chi connectivity index (χ4v) is 6.93. The van der Waals surface area contributed by atoms with Crippen LogP contribution in [-0.2, 0) is 26.3 Å². The number of fused-ring (bicyclic) bond motifs is 3. The minimum Gasteiger partial charge on any atom is -0.496 e. The van der Waals surface area contributed by atoms with Crippen LogP contribution in [0.5, 0.6) is 5.75 Å². The summed E-state index contributed by atoms with van der Waals surface area (Å²) in [5.74, 6) is 0.465. The molecule has 2 fully saturated rings. The Labute approximate surface area is 242 Å². The lowest BCUT2D eigenvalue weighted by Crippen LogP contribution is -2.52. The molecule has 0 N–H and O–H groups in total. The zero-order valence-electron chi connectivity index (χ0n) is 25.3. The first-order chi connectivity index (χ1) is 19.5. The second-order valence-electron chi connectivity index (χ2n) is 12.2. The molecule has 3 aromatic rings. The second kappa shape index (κ2) is 11.1. The molecule has 1 unspecified atom stereocenters. The number of carbonyl (C=O) groups excluding carboxylic acids is 2. The summed E-state index contributed by atoms with van der Waals surface area (Å²) >= 11 is 0. The van der Waals surface area contributed by atoms with Crippen LogP contribution in [0.3, 0.4) is 0 Å². The predicted octanol–water partition coefficient (Wildman–Crippen LogP) is 6.59. The maximum atomic E-state index is 13.1. The van der Waals surface area contributed by atoms with Crippen LogP contribution in [0.15, 0.2) is 42.6 Å². The smallest absolute Gasteiger partial charge is 0.419 e. The van der Waals surface area contributed by atoms with E-state index in [1.165, 1.54) is 12.7 Å². The van der Waals surface area contributed by atoms with E-state index in [2.05, 4.69) is 24.0 Å². The van der Waals surface area contributed by atoms with E-state index < -0.39 is 11.7 Å². The van der Waals surface area contributed by atoms with Crippen molar-refractivity contribution in [1.29, 1.82) is 0 Å². The van der Waals surface area contributed by atoms with Crippen molar-refractivity contribution < 1.29 is 28.5 Å². The van der Waals surface area contributed by atoms with Crippen LogP contribution in [-0.4, -0.2) is 60.1 Å². The Bertz CT molecular complexity index is 1440. The number of piperidine rings is 1. The summed E-state index contributed by atoms with van der Waals surface area (Å²) < 4.78 is 24.4. The monoisotopic (exact) mass is 562 g/mol. The summed E-state index contributed by atoms with van der Waals surface area (Å²) in [7, 11) is 3.10. The average Bonchev–Trinajstić information content (AvgIpc) is 3.47. The van der Waals surface area contributed by atoms with Gasteiger partial charge in [0.05, 0.1) is 31.4 Å². The summed E-state index contributed by atoms with van der Waals surface area (Å²) in [6, 6.07) is 12.2. The van der Waals surface area contributed by atoms with E-state index in [0.29, 0.717) is 24.8 Å². The third-order valence-electron chi connectivity index (χ3n) is 8.60. The Morgan fingerprint density at radius 1 is 1.10 bits per heavy atom. The van der Waals surface area contributed by atoms with Gasteiger partial charge in [0, 0.05) is 41.9 Å². The third-order valence-corrected chi connectivity index (χ3v) is 8.60. The van der Waals surface area contributed by atoms with Gasteiger partial charge in [-0.2, -0.15) is 0 Å². The van der Waals surface area contributed by atoms with E-state index >= 15 is 0 Å². The number of methoxy groups -OCH3 is 2. The summed E-state index contributed by atoms with van der Waals surface area (Å²) in [5.41, 5.74) is 3.69. The van der Waals surface area contributed by atoms with Gasteiger partial charge in [0.2, 0.25) is 0 Å². The van der Waals surface area contributed by atoms with Gasteiger partial charge in [-0.05, 0) is 95.7 Å². The Hall–Kier alpha value is -3.36. The minimum atomic E-state index is -0.600. The van der Waals surface area contributed by atoms with Crippen LogP contribution in [0.2, 0.25) is 0 Å². The molecule has 8 nitrogen and oxygen atoms in total. The van der Waals surface area contributed by atoms with Gasteiger partial charge in [-0.15, -0.1) is 0 Å². The minimum absolute atomic E-state index is 0.164. The summed E-state index contributed by atoms with van der Waals surface area (Å²) in [6.07, 6.45) is 5.44. The molecular formula is C33H42N2O6. The Morgan fingerprint density at radius 3 is 2.46 bits per heavy atom. The quantitative estimate of drug-likeness (QED) is 0.301. The highest BCUT2D eigenvalue weighted by Crippen LogP contribution is 2.53. The number of ether oxygens (including phenoxy) is 4. The molecule has 0 amide bonds. The van der Waals surface area contributed by atoms with Gasteiger partial charge < -0.3 is 18.9 Å². The zero-order valence-corrected chi connectivity index (χ0v) is 25.3. The number of aryl methyl sites for hydroxylation is 1. The van der Waals surface area contributed by atoms with Crippen molar-refractivity contribution >= 4 is 23.0 Å². The van der Waals surface area contributed by atoms with Crippen LogP contribution in [0.25, 0.3) is 10.9 Å². The number of hydrogen-bond acceptors (Lipinski definition) is 7. The molecule has 0 saturated carbocycles. The summed E-state index contributed by atoms with van der Waals surface area (Å²) in [5, 5.41) is 0.982. The maximum absolute atomic E-state index is 13.1. The lowest BCUT2D eigenvalue weighted by molar-refractivity contribution is -0.0593. The number of esters is 1. The van der Waals surface area contributed by atoms with Crippen molar-refractivity contribution in [3.05, 3.63) is 64.8 Å². The number of benzene rings is 2. The largest absolute Gasteiger partial charge is 0.496 e. The molecule has 220 valence electrons. The van der Waals surface area contributed by atoms with Crippen molar-refractivity contribution in [2.24, 2.45) is 0 Å². The first-order valence-electron chi connectivity index (χ1n) is 14.5. The van der Waals surface area contributed by atoms with E-state index in [1.807, 2.05) is 52.0 Å². The van der Waals surface area contributed by atoms with E-state index in [-0.39, 0.29) is 17.6 Å². The average molecular weight is 563 g/mol. The molecule has 2 aliphatic heterocycles. The SMILES string of the molecule is CCO[C@H]1CC2CC[C@](c3ccc(C(=O)OC)cc3)(C1)N2Cc1c(OC)cc(C)c2c1ccn2C(=O)OC(C)(C)C. The van der Waals surface area contributed by atoms with Crippen molar-refractivity contribution in [3.63, 3.8) is 0 Å². The van der Waals surface area contributed by atoms with Gasteiger partial charge in [-0.3, -0.25) is 9.47 Å². The number of aromatic nitrogens is 1. The molecular weight excluding hydrogens is 520 g/mol. The highest BCUT2D eigenvalue weighted by molar-refractivity contribution is 5.95. The van der Waals surface area contributed by atoms with Crippen LogP contribution in [0.1, 0.15) is 80.4 Å². The lowest BCUT2D eigenvalue weighted by Gasteiger charge is -2.48. The third kappa shape index (κ3) is 5.35. The van der Waals surface area contributed by atoms with E-state index in [9.17, 15) is 9.59 Å². The van der Waals surface area contributed by atoms with Crippen LogP contribution < -0.4 is 4.74 Å². The normalized spacial score (nSPS) is 22.6. The molecule has 3 atom stereocenters. The number of rotatable bonds is 7. The molecule has 3 heterocycles. The Balaban J connectivity index is 1.59.